The summed E-state index contributed by atoms with van der Waals surface area (Å²) in [5.41, 5.74) is 0.216. The molecule has 0 spiro atoms. The van der Waals surface area contributed by atoms with Gasteiger partial charge in [0.05, 0.1) is 7.11 Å². The Kier molecular flexibility index (Phi) is 3.45. The van der Waals surface area contributed by atoms with Crippen LogP contribution < -0.4 is 5.32 Å². The Morgan fingerprint density at radius 3 is 3.15 bits per heavy atom. The van der Waals surface area contributed by atoms with E-state index in [4.69, 9.17) is 4.42 Å². The molecule has 0 saturated heterocycles. The lowest BCUT2D eigenvalue weighted by molar-refractivity contribution is 0.0594. The summed E-state index contributed by atoms with van der Waals surface area (Å²) < 4.78 is 9.51. The number of carbonyl (C=O) groups excluding carboxylic acids is 1. The number of carbonyl (C=O) groups is 1. The molecular formula is C8H12N2O3. The third-order valence-corrected chi connectivity index (χ3v) is 1.54. The van der Waals surface area contributed by atoms with Crippen LogP contribution in [-0.2, 0) is 11.2 Å². The summed E-state index contributed by atoms with van der Waals surface area (Å²) in [4.78, 5) is 14.9. The molecule has 0 amide bonds. The smallest absolute Gasteiger partial charge is 0.360 e. The number of aromatic nitrogens is 1. The third-order valence-electron chi connectivity index (χ3n) is 1.54. The van der Waals surface area contributed by atoms with Gasteiger partial charge in [-0.05, 0) is 7.05 Å². The average molecular weight is 184 g/mol. The van der Waals surface area contributed by atoms with Crippen LogP contribution in [0.5, 0.6) is 0 Å². The molecule has 1 N–H and O–H groups in total. The Bertz CT molecular complexity index is 283. The molecule has 13 heavy (non-hydrogen) atoms. The van der Waals surface area contributed by atoms with Crippen LogP contribution >= 0.6 is 0 Å². The van der Waals surface area contributed by atoms with Crippen LogP contribution in [0, 0.1) is 0 Å². The highest BCUT2D eigenvalue weighted by Gasteiger charge is 2.11. The van der Waals surface area contributed by atoms with Gasteiger partial charge in [-0.1, -0.05) is 0 Å². The first-order valence-electron chi connectivity index (χ1n) is 3.95. The third kappa shape index (κ3) is 2.55. The summed E-state index contributed by atoms with van der Waals surface area (Å²) >= 11 is 0. The lowest BCUT2D eigenvalue weighted by atomic mass is 10.4. The zero-order chi connectivity index (χ0) is 9.68. The van der Waals surface area contributed by atoms with Gasteiger partial charge in [-0.15, -0.1) is 0 Å². The summed E-state index contributed by atoms with van der Waals surface area (Å²) in [7, 11) is 3.15. The van der Waals surface area contributed by atoms with Crippen molar-refractivity contribution in [2.24, 2.45) is 0 Å². The number of nitrogens with one attached hydrogen (secondary N) is 1. The van der Waals surface area contributed by atoms with Crippen molar-refractivity contribution < 1.29 is 13.9 Å². The summed E-state index contributed by atoms with van der Waals surface area (Å²) in [6, 6.07) is 0. The number of methoxy groups -OCH3 is 1. The van der Waals surface area contributed by atoms with Crippen molar-refractivity contribution in [3.63, 3.8) is 0 Å². The molecule has 1 rings (SSSR count). The van der Waals surface area contributed by atoms with Gasteiger partial charge in [0, 0.05) is 13.0 Å². The minimum Gasteiger partial charge on any atom is -0.464 e. The number of rotatable bonds is 4. The minimum atomic E-state index is -0.473. The molecular weight excluding hydrogens is 172 g/mol. The monoisotopic (exact) mass is 184 g/mol. The number of hydrogen-bond acceptors (Lipinski definition) is 5. The van der Waals surface area contributed by atoms with E-state index in [-0.39, 0.29) is 5.69 Å². The first-order valence-corrected chi connectivity index (χ1v) is 3.95. The second kappa shape index (κ2) is 4.61. The fraction of sp³-hybridized carbons (Fsp3) is 0.500. The predicted octanol–water partition coefficient (Wildman–Crippen LogP) is 0.223. The molecule has 0 atom stereocenters. The zero-order valence-corrected chi connectivity index (χ0v) is 7.66. The Hall–Kier alpha value is -1.36. The van der Waals surface area contributed by atoms with Crippen molar-refractivity contribution in [1.29, 1.82) is 0 Å². The fourth-order valence-electron chi connectivity index (χ4n) is 0.856. The topological polar surface area (TPSA) is 64.4 Å². The summed E-state index contributed by atoms with van der Waals surface area (Å²) in [5, 5.41) is 2.95. The second-order valence-corrected chi connectivity index (χ2v) is 2.47. The van der Waals surface area contributed by atoms with Crippen molar-refractivity contribution >= 4 is 5.97 Å². The van der Waals surface area contributed by atoms with Crippen molar-refractivity contribution in [1.82, 2.24) is 10.3 Å². The molecule has 0 radical (unpaired) electrons. The van der Waals surface area contributed by atoms with E-state index in [1.165, 1.54) is 13.4 Å². The maximum Gasteiger partial charge on any atom is 0.360 e. The molecule has 72 valence electrons. The average Bonchev–Trinajstić information content (AvgIpc) is 2.62. The van der Waals surface area contributed by atoms with Gasteiger partial charge in [0.15, 0.2) is 11.6 Å². The van der Waals surface area contributed by atoms with Crippen molar-refractivity contribution in [3.05, 3.63) is 17.8 Å². The molecule has 0 unspecified atom stereocenters. The van der Waals surface area contributed by atoms with Crippen LogP contribution in [0.1, 0.15) is 16.4 Å². The van der Waals surface area contributed by atoms with Crippen LogP contribution in [0.25, 0.3) is 0 Å². The van der Waals surface area contributed by atoms with Crippen LogP contribution in [0.4, 0.5) is 0 Å². The zero-order valence-electron chi connectivity index (χ0n) is 7.66. The predicted molar refractivity (Wildman–Crippen MR) is 45.5 cm³/mol. The Labute approximate surface area is 76.1 Å². The van der Waals surface area contributed by atoms with E-state index in [0.717, 1.165) is 6.54 Å². The van der Waals surface area contributed by atoms with Gasteiger partial charge in [0.25, 0.3) is 0 Å². The maximum atomic E-state index is 10.9. The molecule has 0 aliphatic heterocycles. The molecule has 0 aliphatic rings. The Balaban J connectivity index is 2.58. The molecule has 0 bridgehead atoms. The van der Waals surface area contributed by atoms with Crippen LogP contribution in [0.2, 0.25) is 0 Å². The van der Waals surface area contributed by atoms with Gasteiger partial charge in [-0.2, -0.15) is 0 Å². The molecule has 0 aliphatic carbocycles. The van der Waals surface area contributed by atoms with E-state index in [9.17, 15) is 4.79 Å². The lowest BCUT2D eigenvalue weighted by Gasteiger charge is -1.92. The molecule has 1 aromatic rings. The van der Waals surface area contributed by atoms with E-state index >= 15 is 0 Å². The van der Waals surface area contributed by atoms with Gasteiger partial charge in [-0.25, -0.2) is 9.78 Å². The summed E-state index contributed by atoms with van der Waals surface area (Å²) in [6.07, 6.45) is 1.96. The Morgan fingerprint density at radius 1 is 1.77 bits per heavy atom. The first-order chi connectivity index (χ1) is 6.27. The molecule has 0 fully saturated rings. The quantitative estimate of drug-likeness (QED) is 0.678. The molecule has 1 aromatic heterocycles. The molecule has 1 heterocycles. The minimum absolute atomic E-state index is 0.216. The van der Waals surface area contributed by atoms with Crippen molar-refractivity contribution in [2.45, 2.75) is 6.42 Å². The second-order valence-electron chi connectivity index (χ2n) is 2.47. The van der Waals surface area contributed by atoms with Crippen LogP contribution in [0.15, 0.2) is 10.7 Å². The van der Waals surface area contributed by atoms with Gasteiger partial charge in [-0.3, -0.25) is 0 Å². The number of esters is 1. The highest BCUT2D eigenvalue weighted by molar-refractivity contribution is 5.86. The van der Waals surface area contributed by atoms with E-state index in [1.807, 2.05) is 7.05 Å². The highest BCUT2D eigenvalue weighted by atomic mass is 16.5. The number of ether oxygens (including phenoxy) is 1. The van der Waals surface area contributed by atoms with Crippen LogP contribution in [0.3, 0.4) is 0 Å². The standard InChI is InChI=1S/C8H12N2O3/c1-9-4-3-7-10-6(5-13-7)8(11)12-2/h5,9H,3-4H2,1-2H3. The molecule has 0 saturated carbocycles. The Morgan fingerprint density at radius 2 is 2.54 bits per heavy atom. The molecule has 0 aromatic carbocycles. The van der Waals surface area contributed by atoms with Gasteiger partial charge in [0.1, 0.15) is 6.26 Å². The maximum absolute atomic E-state index is 10.9. The summed E-state index contributed by atoms with van der Waals surface area (Å²) in [6.45, 7) is 0.765. The lowest BCUT2D eigenvalue weighted by Crippen LogP contribution is -2.10. The van der Waals surface area contributed by atoms with Crippen molar-refractivity contribution in [2.75, 3.05) is 20.7 Å². The van der Waals surface area contributed by atoms with Crippen LogP contribution in [-0.4, -0.2) is 31.7 Å². The number of nitrogens with zero attached hydrogens (tertiary/aromatic N) is 1. The fourth-order valence-corrected chi connectivity index (χ4v) is 0.856. The van der Waals surface area contributed by atoms with E-state index in [0.29, 0.717) is 12.3 Å². The van der Waals surface area contributed by atoms with Gasteiger partial charge in [0.2, 0.25) is 0 Å². The summed E-state index contributed by atoms with van der Waals surface area (Å²) in [5.74, 6) is 0.0641. The molecule has 5 nitrogen and oxygen atoms in total. The normalized spacial score (nSPS) is 10.0. The van der Waals surface area contributed by atoms with E-state index < -0.39 is 5.97 Å². The first kappa shape index (κ1) is 9.73. The number of oxazole rings is 1. The van der Waals surface area contributed by atoms with Gasteiger partial charge < -0.3 is 14.5 Å². The SMILES string of the molecule is CNCCc1nc(C(=O)OC)co1. The van der Waals surface area contributed by atoms with E-state index in [1.54, 1.807) is 0 Å². The highest BCUT2D eigenvalue weighted by Crippen LogP contribution is 2.03. The largest absolute Gasteiger partial charge is 0.464 e. The number of likely N-dealkylation sites (N-methyl/N-ethyl adjacent to an activating group) is 1. The molecule has 5 heteroatoms. The van der Waals surface area contributed by atoms with E-state index in [2.05, 4.69) is 15.0 Å². The van der Waals surface area contributed by atoms with Crippen molar-refractivity contribution in [3.8, 4) is 0 Å². The number of hydrogen-bond donors (Lipinski definition) is 1. The van der Waals surface area contributed by atoms with Gasteiger partial charge >= 0.3 is 5.97 Å².